The predicted octanol–water partition coefficient (Wildman–Crippen LogP) is 5.00. The van der Waals surface area contributed by atoms with Gasteiger partial charge in [-0.15, -0.1) is 0 Å². The van der Waals surface area contributed by atoms with Crippen molar-refractivity contribution in [1.82, 2.24) is 5.32 Å². The number of thioether (sulfide) groups is 1. The summed E-state index contributed by atoms with van der Waals surface area (Å²) in [4.78, 5) is 17.1. The van der Waals surface area contributed by atoms with E-state index in [4.69, 9.17) is 16.3 Å². The SMILES string of the molecule is COc1ccc(/C=C2/SC(=Nc3ccc(Br)cc3)NC2=O)cc1Cl. The summed E-state index contributed by atoms with van der Waals surface area (Å²) in [6.07, 6.45) is 1.77. The highest BCUT2D eigenvalue weighted by atomic mass is 79.9. The van der Waals surface area contributed by atoms with Crippen molar-refractivity contribution in [2.24, 2.45) is 4.99 Å². The number of halogens is 2. The molecule has 1 amide bonds. The molecule has 0 aromatic heterocycles. The van der Waals surface area contributed by atoms with E-state index in [0.717, 1.165) is 15.7 Å². The smallest absolute Gasteiger partial charge is 0.264 e. The average molecular weight is 424 g/mol. The van der Waals surface area contributed by atoms with Crippen molar-refractivity contribution in [3.8, 4) is 5.75 Å². The van der Waals surface area contributed by atoms with Crippen molar-refractivity contribution in [3.63, 3.8) is 0 Å². The number of carbonyl (C=O) groups is 1. The molecule has 7 heteroatoms. The van der Waals surface area contributed by atoms with Crippen LogP contribution in [0.2, 0.25) is 5.02 Å². The highest BCUT2D eigenvalue weighted by Crippen LogP contribution is 2.31. The second-order valence-electron chi connectivity index (χ2n) is 4.85. The molecule has 24 heavy (non-hydrogen) atoms. The summed E-state index contributed by atoms with van der Waals surface area (Å²) >= 11 is 10.8. The van der Waals surface area contributed by atoms with Gasteiger partial charge in [0, 0.05) is 4.47 Å². The van der Waals surface area contributed by atoms with Crippen LogP contribution in [0.15, 0.2) is 56.8 Å². The van der Waals surface area contributed by atoms with Crippen molar-refractivity contribution in [3.05, 3.63) is 62.4 Å². The number of nitrogens with one attached hydrogen (secondary N) is 1. The Hall–Kier alpha value is -1.76. The summed E-state index contributed by atoms with van der Waals surface area (Å²) in [7, 11) is 1.56. The number of amidine groups is 1. The average Bonchev–Trinajstić information content (AvgIpc) is 2.89. The number of aliphatic imine (C=N–C) groups is 1. The highest BCUT2D eigenvalue weighted by Gasteiger charge is 2.23. The quantitative estimate of drug-likeness (QED) is 0.707. The summed E-state index contributed by atoms with van der Waals surface area (Å²) in [6, 6.07) is 12.9. The number of benzene rings is 2. The molecule has 1 aliphatic heterocycles. The number of hydrogen-bond acceptors (Lipinski definition) is 4. The Labute approximate surface area is 157 Å². The molecule has 3 rings (SSSR count). The van der Waals surface area contributed by atoms with Crippen LogP contribution in [-0.4, -0.2) is 18.2 Å². The summed E-state index contributed by atoms with van der Waals surface area (Å²) < 4.78 is 6.10. The van der Waals surface area contributed by atoms with E-state index < -0.39 is 0 Å². The Morgan fingerprint density at radius 3 is 2.67 bits per heavy atom. The second-order valence-corrected chi connectivity index (χ2v) is 7.21. The highest BCUT2D eigenvalue weighted by molar-refractivity contribution is 9.10. The molecule has 0 radical (unpaired) electrons. The molecule has 1 fully saturated rings. The van der Waals surface area contributed by atoms with E-state index >= 15 is 0 Å². The number of carbonyl (C=O) groups excluding carboxylic acids is 1. The molecule has 1 N–H and O–H groups in total. The third kappa shape index (κ3) is 4.01. The van der Waals surface area contributed by atoms with Crippen molar-refractivity contribution in [2.45, 2.75) is 0 Å². The van der Waals surface area contributed by atoms with Gasteiger partial charge in [-0.2, -0.15) is 0 Å². The van der Waals surface area contributed by atoms with Crippen LogP contribution in [0.25, 0.3) is 6.08 Å². The molecule has 1 aliphatic rings. The van der Waals surface area contributed by atoms with Gasteiger partial charge in [0.25, 0.3) is 5.91 Å². The number of methoxy groups -OCH3 is 1. The molecule has 1 heterocycles. The van der Waals surface area contributed by atoms with E-state index in [9.17, 15) is 4.79 Å². The predicted molar refractivity (Wildman–Crippen MR) is 103 cm³/mol. The molecular weight excluding hydrogens is 412 g/mol. The van der Waals surface area contributed by atoms with Gasteiger partial charge in [0.05, 0.1) is 22.7 Å². The summed E-state index contributed by atoms with van der Waals surface area (Å²) in [5.74, 6) is 0.419. The Bertz CT molecular complexity index is 850. The second kappa shape index (κ2) is 7.42. The van der Waals surface area contributed by atoms with Gasteiger partial charge in [0.15, 0.2) is 5.17 Å². The fourth-order valence-electron chi connectivity index (χ4n) is 2.04. The minimum absolute atomic E-state index is 0.178. The summed E-state index contributed by atoms with van der Waals surface area (Å²) in [6.45, 7) is 0. The largest absolute Gasteiger partial charge is 0.495 e. The van der Waals surface area contributed by atoms with Crippen LogP contribution in [0.4, 0.5) is 5.69 Å². The van der Waals surface area contributed by atoms with E-state index in [1.807, 2.05) is 30.3 Å². The van der Waals surface area contributed by atoms with Gasteiger partial charge in [-0.1, -0.05) is 33.6 Å². The molecule has 0 bridgehead atoms. The van der Waals surface area contributed by atoms with Crippen LogP contribution in [0.5, 0.6) is 5.75 Å². The van der Waals surface area contributed by atoms with Crippen molar-refractivity contribution in [1.29, 1.82) is 0 Å². The van der Waals surface area contributed by atoms with E-state index in [1.165, 1.54) is 11.8 Å². The molecule has 122 valence electrons. The maximum Gasteiger partial charge on any atom is 0.264 e. The monoisotopic (exact) mass is 422 g/mol. The van der Waals surface area contributed by atoms with E-state index in [-0.39, 0.29) is 5.91 Å². The number of nitrogens with zero attached hydrogens (tertiary/aromatic N) is 1. The lowest BCUT2D eigenvalue weighted by Gasteiger charge is -2.03. The van der Waals surface area contributed by atoms with Crippen LogP contribution in [0.1, 0.15) is 5.56 Å². The first kappa shape index (κ1) is 17.1. The van der Waals surface area contributed by atoms with Gasteiger partial charge in [-0.05, 0) is 59.8 Å². The molecule has 0 spiro atoms. The first-order chi connectivity index (χ1) is 11.5. The van der Waals surface area contributed by atoms with Gasteiger partial charge in [-0.25, -0.2) is 4.99 Å². The van der Waals surface area contributed by atoms with Gasteiger partial charge in [0.2, 0.25) is 0 Å². The fraction of sp³-hybridized carbons (Fsp3) is 0.0588. The normalized spacial score (nSPS) is 17.4. The van der Waals surface area contributed by atoms with Crippen molar-refractivity contribution in [2.75, 3.05) is 7.11 Å². The Morgan fingerprint density at radius 1 is 1.25 bits per heavy atom. The van der Waals surface area contributed by atoms with Gasteiger partial charge in [0.1, 0.15) is 5.75 Å². The van der Waals surface area contributed by atoms with Crippen LogP contribution < -0.4 is 10.1 Å². The number of hydrogen-bond donors (Lipinski definition) is 1. The molecular formula is C17H12BrClN2O2S. The van der Waals surface area contributed by atoms with Gasteiger partial charge < -0.3 is 10.1 Å². The summed E-state index contributed by atoms with van der Waals surface area (Å²) in [5.41, 5.74) is 1.60. The van der Waals surface area contributed by atoms with Crippen LogP contribution in [0.3, 0.4) is 0 Å². The number of amides is 1. The topological polar surface area (TPSA) is 50.7 Å². The van der Waals surface area contributed by atoms with Crippen LogP contribution >= 0.6 is 39.3 Å². The van der Waals surface area contributed by atoms with Crippen molar-refractivity contribution < 1.29 is 9.53 Å². The zero-order valence-electron chi connectivity index (χ0n) is 12.5. The molecule has 2 aromatic carbocycles. The minimum atomic E-state index is -0.178. The Kier molecular flexibility index (Phi) is 5.28. The van der Waals surface area contributed by atoms with Crippen molar-refractivity contribution >= 4 is 62.1 Å². The lowest BCUT2D eigenvalue weighted by molar-refractivity contribution is -0.115. The molecule has 2 aromatic rings. The molecule has 0 saturated carbocycles. The van der Waals surface area contributed by atoms with E-state index in [2.05, 4.69) is 26.2 Å². The Morgan fingerprint density at radius 2 is 2.00 bits per heavy atom. The van der Waals surface area contributed by atoms with Crippen LogP contribution in [-0.2, 0) is 4.79 Å². The standard InChI is InChI=1S/C17H12BrClN2O2S/c1-23-14-7-2-10(8-13(14)19)9-15-16(22)21-17(24-15)20-12-5-3-11(18)4-6-12/h2-9H,1H3,(H,20,21,22)/b15-9+. The number of ether oxygens (including phenoxy) is 1. The molecule has 0 unspecified atom stereocenters. The number of rotatable bonds is 3. The summed E-state index contributed by atoms with van der Waals surface area (Å²) in [5, 5.41) is 3.81. The zero-order chi connectivity index (χ0) is 17.1. The maximum absolute atomic E-state index is 12.1. The Balaban J connectivity index is 1.81. The lowest BCUT2D eigenvalue weighted by atomic mass is 10.2. The van der Waals surface area contributed by atoms with Crippen LogP contribution in [0, 0.1) is 0 Å². The first-order valence-corrected chi connectivity index (χ1v) is 8.92. The fourth-order valence-corrected chi connectivity index (χ4v) is 3.41. The first-order valence-electron chi connectivity index (χ1n) is 6.94. The molecule has 0 atom stereocenters. The third-order valence-corrected chi connectivity index (χ3v) is 4.92. The van der Waals surface area contributed by atoms with Gasteiger partial charge >= 0.3 is 0 Å². The van der Waals surface area contributed by atoms with Gasteiger partial charge in [-0.3, -0.25) is 4.79 Å². The molecule has 1 saturated heterocycles. The maximum atomic E-state index is 12.1. The molecule has 0 aliphatic carbocycles. The zero-order valence-corrected chi connectivity index (χ0v) is 15.7. The molecule has 4 nitrogen and oxygen atoms in total. The van der Waals surface area contributed by atoms with E-state index in [0.29, 0.717) is 20.8 Å². The minimum Gasteiger partial charge on any atom is -0.495 e. The van der Waals surface area contributed by atoms with E-state index in [1.54, 1.807) is 25.3 Å². The third-order valence-electron chi connectivity index (χ3n) is 3.18. The lowest BCUT2D eigenvalue weighted by Crippen LogP contribution is -2.19.